The van der Waals surface area contributed by atoms with E-state index in [9.17, 15) is 0 Å². The van der Waals surface area contributed by atoms with Gasteiger partial charge in [0.2, 0.25) is 9.04 Å². The van der Waals surface area contributed by atoms with E-state index in [4.69, 9.17) is 15.6 Å². The fourth-order valence-corrected chi connectivity index (χ4v) is 4.40. The van der Waals surface area contributed by atoms with Gasteiger partial charge in [-0.25, -0.2) is 0 Å². The molecular weight excluding hydrogens is 172 g/mol. The van der Waals surface area contributed by atoms with E-state index >= 15 is 0 Å². The highest BCUT2D eigenvalue weighted by Gasteiger charge is 2.21. The van der Waals surface area contributed by atoms with Crippen molar-refractivity contribution in [2.24, 2.45) is 11.5 Å². The van der Waals surface area contributed by atoms with Crippen LogP contribution in [0, 0.1) is 0 Å². The third-order valence-corrected chi connectivity index (χ3v) is 5.81. The minimum Gasteiger partial charge on any atom is -0.463 e. The lowest BCUT2D eigenvalue weighted by Crippen LogP contribution is -2.51. The van der Waals surface area contributed by atoms with Crippen LogP contribution in [0.5, 0.6) is 0 Å². The Bertz CT molecular complexity index is 129. The summed E-state index contributed by atoms with van der Waals surface area (Å²) in [5.74, 6) is 0. The summed E-state index contributed by atoms with van der Waals surface area (Å²) in [5, 5.41) is 0. The monoisotopic (exact) mass is 188 g/mol. The second-order valence-corrected chi connectivity index (χ2v) is 6.68. The quantitative estimate of drug-likeness (QED) is 0.392. The van der Waals surface area contributed by atoms with Gasteiger partial charge in [-0.05, 0) is 0 Å². The molecule has 0 rings (SSSR count). The molecule has 0 fully saturated rings. The maximum absolute atomic E-state index is 5.72. The first-order valence-electron chi connectivity index (χ1n) is 3.46. The average Bonchev–Trinajstić information content (AvgIpc) is 2.05. The predicted octanol–water partition coefficient (Wildman–Crippen LogP) is -1.89. The molecule has 0 amide bonds. The fraction of sp³-hybridized carbons (Fsp3) is 0.333. The molecule has 11 heavy (non-hydrogen) atoms. The van der Waals surface area contributed by atoms with Crippen LogP contribution in [0.3, 0.4) is 0 Å². The molecule has 0 bridgehead atoms. The third-order valence-electron chi connectivity index (χ3n) is 1.58. The molecule has 0 spiro atoms. The van der Waals surface area contributed by atoms with Crippen molar-refractivity contribution in [2.45, 2.75) is 11.3 Å². The standard InChI is InChI=1S/C6H16N2OSi2/c1-3-5(7)11(9-10)6(8)4-2/h3-6,11H,1-2,7-8H2,10H3. The number of rotatable bonds is 5. The van der Waals surface area contributed by atoms with Crippen LogP contribution in [0.2, 0.25) is 0 Å². The molecule has 0 saturated heterocycles. The molecule has 64 valence electrons. The second kappa shape index (κ2) is 5.44. The molecular formula is C6H16N2OSi2. The van der Waals surface area contributed by atoms with Gasteiger partial charge in [0.25, 0.3) is 0 Å². The number of nitrogens with two attached hydrogens (primary N) is 2. The highest BCUT2D eigenvalue weighted by atomic mass is 28.3. The molecule has 0 aromatic heterocycles. The molecule has 3 nitrogen and oxygen atoms in total. The van der Waals surface area contributed by atoms with E-state index < -0.39 is 9.04 Å². The van der Waals surface area contributed by atoms with E-state index in [0.717, 1.165) is 0 Å². The van der Waals surface area contributed by atoms with Crippen molar-refractivity contribution in [3.63, 3.8) is 0 Å². The van der Waals surface area contributed by atoms with Crippen molar-refractivity contribution in [1.82, 2.24) is 0 Å². The van der Waals surface area contributed by atoms with E-state index in [1.807, 2.05) is 0 Å². The number of hydrogen-bond donors (Lipinski definition) is 2. The highest BCUT2D eigenvalue weighted by Crippen LogP contribution is 1.96. The SMILES string of the molecule is C=CC(N)[SiH](O[SiH3])C(N)C=C. The van der Waals surface area contributed by atoms with E-state index in [0.29, 0.717) is 10.5 Å². The third kappa shape index (κ3) is 3.13. The normalized spacial score (nSPS) is 18.7. The summed E-state index contributed by atoms with van der Waals surface area (Å²) in [6.45, 7) is 7.20. The fourth-order valence-electron chi connectivity index (χ4n) is 0.839. The van der Waals surface area contributed by atoms with Gasteiger partial charge in [-0.1, -0.05) is 12.2 Å². The van der Waals surface area contributed by atoms with Crippen LogP contribution in [0.15, 0.2) is 25.3 Å². The van der Waals surface area contributed by atoms with Crippen molar-refractivity contribution in [3.8, 4) is 0 Å². The van der Waals surface area contributed by atoms with Crippen LogP contribution in [-0.4, -0.2) is 30.9 Å². The molecule has 0 aromatic rings. The molecule has 0 aromatic carbocycles. The number of hydrogen-bond acceptors (Lipinski definition) is 3. The first-order valence-corrected chi connectivity index (χ1v) is 6.08. The van der Waals surface area contributed by atoms with E-state index in [1.165, 1.54) is 0 Å². The molecule has 0 radical (unpaired) electrons. The zero-order chi connectivity index (χ0) is 8.85. The van der Waals surface area contributed by atoms with Gasteiger partial charge in [0, 0.05) is 11.3 Å². The Hall–Kier alpha value is -0.206. The first kappa shape index (κ1) is 10.8. The molecule has 5 heteroatoms. The van der Waals surface area contributed by atoms with Crippen LogP contribution in [0.4, 0.5) is 0 Å². The smallest absolute Gasteiger partial charge is 0.204 e. The molecule has 0 aliphatic carbocycles. The summed E-state index contributed by atoms with van der Waals surface area (Å²) >= 11 is 0. The Morgan fingerprint density at radius 1 is 1.27 bits per heavy atom. The minimum absolute atomic E-state index is 0.0690. The zero-order valence-electron chi connectivity index (χ0n) is 6.86. The van der Waals surface area contributed by atoms with Gasteiger partial charge in [0.15, 0.2) is 0 Å². The maximum Gasteiger partial charge on any atom is 0.204 e. The van der Waals surface area contributed by atoms with E-state index in [1.54, 1.807) is 12.2 Å². The Balaban J connectivity index is 4.13. The Labute approximate surface area is 72.4 Å². The van der Waals surface area contributed by atoms with Crippen molar-refractivity contribution in [3.05, 3.63) is 25.3 Å². The zero-order valence-corrected chi connectivity index (χ0v) is 10.0. The van der Waals surface area contributed by atoms with Crippen molar-refractivity contribution in [1.29, 1.82) is 0 Å². The topological polar surface area (TPSA) is 61.3 Å². The molecule has 0 aliphatic heterocycles. The van der Waals surface area contributed by atoms with Crippen LogP contribution < -0.4 is 11.5 Å². The van der Waals surface area contributed by atoms with E-state index in [-0.39, 0.29) is 11.3 Å². The second-order valence-electron chi connectivity index (χ2n) is 2.33. The first-order chi connectivity index (χ1) is 5.17. The summed E-state index contributed by atoms with van der Waals surface area (Å²) in [7, 11) is -0.837. The highest BCUT2D eigenvalue weighted by molar-refractivity contribution is 6.60. The average molecular weight is 188 g/mol. The van der Waals surface area contributed by atoms with Gasteiger partial charge in [-0.2, -0.15) is 0 Å². The molecule has 0 aliphatic rings. The largest absolute Gasteiger partial charge is 0.463 e. The lowest BCUT2D eigenvalue weighted by atomic mass is 10.6. The van der Waals surface area contributed by atoms with Gasteiger partial charge < -0.3 is 15.6 Å². The summed E-state index contributed by atoms with van der Waals surface area (Å²) in [4.78, 5) is 0. The van der Waals surface area contributed by atoms with Crippen LogP contribution in [-0.2, 0) is 4.12 Å². The van der Waals surface area contributed by atoms with Gasteiger partial charge in [0.05, 0.1) is 0 Å². The predicted molar refractivity (Wildman–Crippen MR) is 54.5 cm³/mol. The van der Waals surface area contributed by atoms with Crippen LogP contribution >= 0.6 is 0 Å². The Morgan fingerprint density at radius 3 is 1.82 bits per heavy atom. The molecule has 0 heterocycles. The van der Waals surface area contributed by atoms with Gasteiger partial charge >= 0.3 is 0 Å². The molecule has 4 N–H and O–H groups in total. The minimum atomic E-state index is -1.52. The lowest BCUT2D eigenvalue weighted by molar-refractivity contribution is 0.600. The maximum atomic E-state index is 5.72. The molecule has 0 saturated carbocycles. The lowest BCUT2D eigenvalue weighted by Gasteiger charge is -2.21. The van der Waals surface area contributed by atoms with Gasteiger partial charge in [-0.3, -0.25) is 0 Å². The summed E-state index contributed by atoms with van der Waals surface area (Å²) in [6, 6.07) is 0. The van der Waals surface area contributed by atoms with Crippen molar-refractivity contribution in [2.75, 3.05) is 0 Å². The van der Waals surface area contributed by atoms with Gasteiger partial charge in [-0.15, -0.1) is 13.2 Å². The van der Waals surface area contributed by atoms with E-state index in [2.05, 4.69) is 13.2 Å². The summed E-state index contributed by atoms with van der Waals surface area (Å²) < 4.78 is 5.34. The van der Waals surface area contributed by atoms with Crippen molar-refractivity contribution >= 4 is 19.5 Å². The summed E-state index contributed by atoms with van der Waals surface area (Å²) in [6.07, 6.45) is 3.39. The summed E-state index contributed by atoms with van der Waals surface area (Å²) in [5.41, 5.74) is 11.3. The van der Waals surface area contributed by atoms with Crippen LogP contribution in [0.25, 0.3) is 0 Å². The Morgan fingerprint density at radius 2 is 1.64 bits per heavy atom. The molecule has 2 atom stereocenters. The van der Waals surface area contributed by atoms with Crippen LogP contribution in [0.1, 0.15) is 0 Å². The Kier molecular flexibility index (Phi) is 5.34. The van der Waals surface area contributed by atoms with Gasteiger partial charge in [0.1, 0.15) is 10.5 Å². The van der Waals surface area contributed by atoms with Crippen molar-refractivity contribution < 1.29 is 4.12 Å². The molecule has 2 unspecified atom stereocenters.